The molecule has 2 rings (SSSR count). The maximum Gasteiger partial charge on any atom is 0.139 e. The third kappa shape index (κ3) is 3.22. The van der Waals surface area contributed by atoms with Crippen LogP contribution in [0.3, 0.4) is 0 Å². The summed E-state index contributed by atoms with van der Waals surface area (Å²) in [5, 5.41) is 1.18. The number of rotatable bonds is 3. The SMILES string of the molecule is CCCC(=NC(C)(C)C)c1cnc2c(ccn2C)c1. The van der Waals surface area contributed by atoms with Crippen molar-refractivity contribution in [1.82, 2.24) is 9.55 Å². The highest BCUT2D eigenvalue weighted by molar-refractivity contribution is 6.02. The molecule has 102 valence electrons. The van der Waals surface area contributed by atoms with Crippen molar-refractivity contribution in [2.75, 3.05) is 0 Å². The number of hydrogen-bond donors (Lipinski definition) is 0. The van der Waals surface area contributed by atoms with Crippen molar-refractivity contribution >= 4 is 16.7 Å². The van der Waals surface area contributed by atoms with Gasteiger partial charge in [-0.25, -0.2) is 4.98 Å². The third-order valence-corrected chi connectivity index (χ3v) is 3.00. The molecular formula is C16H23N3. The van der Waals surface area contributed by atoms with E-state index in [9.17, 15) is 0 Å². The van der Waals surface area contributed by atoms with Crippen LogP contribution in [0.4, 0.5) is 0 Å². The molecule has 19 heavy (non-hydrogen) atoms. The standard InChI is InChI=1S/C16H23N3/c1-6-7-14(18-16(2,3)4)13-10-12-8-9-19(5)15(12)17-11-13/h8-11H,6-7H2,1-5H3. The van der Waals surface area contributed by atoms with Gasteiger partial charge < -0.3 is 4.57 Å². The lowest BCUT2D eigenvalue weighted by molar-refractivity contribution is 0.581. The van der Waals surface area contributed by atoms with Gasteiger partial charge in [-0.15, -0.1) is 0 Å². The highest BCUT2D eigenvalue weighted by Gasteiger charge is 2.12. The zero-order valence-electron chi connectivity index (χ0n) is 12.6. The van der Waals surface area contributed by atoms with Gasteiger partial charge in [0.25, 0.3) is 0 Å². The highest BCUT2D eigenvalue weighted by atomic mass is 15.0. The summed E-state index contributed by atoms with van der Waals surface area (Å²) in [5.41, 5.74) is 3.29. The van der Waals surface area contributed by atoms with E-state index in [0.29, 0.717) is 0 Å². The lowest BCUT2D eigenvalue weighted by Crippen LogP contribution is -2.15. The summed E-state index contributed by atoms with van der Waals surface area (Å²) < 4.78 is 2.04. The molecular weight excluding hydrogens is 234 g/mol. The molecule has 0 radical (unpaired) electrons. The van der Waals surface area contributed by atoms with E-state index in [2.05, 4.69) is 44.8 Å². The Balaban J connectivity index is 2.47. The van der Waals surface area contributed by atoms with Gasteiger partial charge >= 0.3 is 0 Å². The van der Waals surface area contributed by atoms with Crippen LogP contribution in [-0.2, 0) is 7.05 Å². The average molecular weight is 257 g/mol. The monoisotopic (exact) mass is 257 g/mol. The molecule has 0 unspecified atom stereocenters. The molecule has 0 bridgehead atoms. The van der Waals surface area contributed by atoms with E-state index in [0.717, 1.165) is 29.8 Å². The fourth-order valence-corrected chi connectivity index (χ4v) is 2.22. The largest absolute Gasteiger partial charge is 0.336 e. The molecule has 0 aliphatic carbocycles. The molecule has 0 fully saturated rings. The van der Waals surface area contributed by atoms with E-state index < -0.39 is 0 Å². The van der Waals surface area contributed by atoms with Crippen molar-refractivity contribution in [2.24, 2.45) is 12.0 Å². The first kappa shape index (κ1) is 13.8. The third-order valence-electron chi connectivity index (χ3n) is 3.00. The van der Waals surface area contributed by atoms with Gasteiger partial charge in [-0.2, -0.15) is 0 Å². The molecule has 0 aromatic carbocycles. The molecule has 2 aromatic rings. The summed E-state index contributed by atoms with van der Waals surface area (Å²) in [6.07, 6.45) is 6.09. The molecule has 0 atom stereocenters. The van der Waals surface area contributed by atoms with Gasteiger partial charge in [0, 0.05) is 36.1 Å². The second kappa shape index (κ2) is 5.16. The van der Waals surface area contributed by atoms with Crippen molar-refractivity contribution in [3.05, 3.63) is 30.1 Å². The Kier molecular flexibility index (Phi) is 3.74. The van der Waals surface area contributed by atoms with E-state index >= 15 is 0 Å². The molecule has 3 nitrogen and oxygen atoms in total. The van der Waals surface area contributed by atoms with Crippen LogP contribution in [-0.4, -0.2) is 20.8 Å². The smallest absolute Gasteiger partial charge is 0.139 e. The highest BCUT2D eigenvalue weighted by Crippen LogP contribution is 2.18. The van der Waals surface area contributed by atoms with Crippen molar-refractivity contribution in [1.29, 1.82) is 0 Å². The summed E-state index contributed by atoms with van der Waals surface area (Å²) >= 11 is 0. The Morgan fingerprint density at radius 3 is 2.74 bits per heavy atom. The zero-order chi connectivity index (χ0) is 14.0. The number of aryl methyl sites for hydroxylation is 1. The molecule has 0 aliphatic heterocycles. The zero-order valence-corrected chi connectivity index (χ0v) is 12.6. The van der Waals surface area contributed by atoms with Gasteiger partial charge in [0.05, 0.1) is 5.54 Å². The number of hydrogen-bond acceptors (Lipinski definition) is 2. The lowest BCUT2D eigenvalue weighted by Gasteiger charge is -2.16. The maximum absolute atomic E-state index is 4.85. The Morgan fingerprint density at radius 1 is 1.37 bits per heavy atom. The molecule has 0 amide bonds. The minimum absolute atomic E-state index is 0.0455. The van der Waals surface area contributed by atoms with E-state index in [1.54, 1.807) is 0 Å². The van der Waals surface area contributed by atoms with Gasteiger partial charge in [0.1, 0.15) is 5.65 Å². The average Bonchev–Trinajstić information content (AvgIpc) is 2.68. The van der Waals surface area contributed by atoms with Gasteiger partial charge in [-0.3, -0.25) is 4.99 Å². The number of pyridine rings is 1. The van der Waals surface area contributed by atoms with Crippen molar-refractivity contribution < 1.29 is 0 Å². The first-order valence-electron chi connectivity index (χ1n) is 6.91. The minimum atomic E-state index is -0.0455. The predicted molar refractivity (Wildman–Crippen MR) is 81.9 cm³/mol. The fourth-order valence-electron chi connectivity index (χ4n) is 2.22. The van der Waals surface area contributed by atoms with Crippen LogP contribution >= 0.6 is 0 Å². The molecule has 0 spiro atoms. The van der Waals surface area contributed by atoms with Crippen LogP contribution in [0.2, 0.25) is 0 Å². The molecule has 2 heterocycles. The van der Waals surface area contributed by atoms with Crippen LogP contribution in [0.5, 0.6) is 0 Å². The number of aliphatic imine (C=N–C) groups is 1. The summed E-state index contributed by atoms with van der Waals surface area (Å²) in [5.74, 6) is 0. The number of fused-ring (bicyclic) bond motifs is 1. The predicted octanol–water partition coefficient (Wildman–Crippen LogP) is 3.96. The van der Waals surface area contributed by atoms with Crippen LogP contribution in [0.1, 0.15) is 46.1 Å². The summed E-state index contributed by atoms with van der Waals surface area (Å²) in [6, 6.07) is 4.30. The molecule has 0 aliphatic rings. The Labute approximate surface area is 115 Å². The Bertz CT molecular complexity index is 600. The van der Waals surface area contributed by atoms with Crippen molar-refractivity contribution in [3.63, 3.8) is 0 Å². The van der Waals surface area contributed by atoms with Crippen molar-refractivity contribution in [2.45, 2.75) is 46.1 Å². The molecule has 0 saturated carbocycles. The van der Waals surface area contributed by atoms with Gasteiger partial charge in [-0.05, 0) is 39.3 Å². The summed E-state index contributed by atoms with van der Waals surface area (Å²) in [7, 11) is 2.02. The second-order valence-electron chi connectivity index (χ2n) is 6.04. The summed E-state index contributed by atoms with van der Waals surface area (Å²) in [6.45, 7) is 8.60. The van der Waals surface area contributed by atoms with Crippen LogP contribution in [0.15, 0.2) is 29.5 Å². The Morgan fingerprint density at radius 2 is 2.11 bits per heavy atom. The normalized spacial score (nSPS) is 13.2. The number of aromatic nitrogens is 2. The van der Waals surface area contributed by atoms with E-state index in [-0.39, 0.29) is 5.54 Å². The van der Waals surface area contributed by atoms with Gasteiger partial charge in [0.2, 0.25) is 0 Å². The topological polar surface area (TPSA) is 30.2 Å². The van der Waals surface area contributed by atoms with E-state index in [1.165, 1.54) is 5.39 Å². The Hall–Kier alpha value is -1.64. The first-order valence-corrected chi connectivity index (χ1v) is 6.91. The number of nitrogens with zero attached hydrogens (tertiary/aromatic N) is 3. The van der Waals surface area contributed by atoms with E-state index in [1.807, 2.05) is 24.0 Å². The summed E-state index contributed by atoms with van der Waals surface area (Å²) in [4.78, 5) is 9.41. The quantitative estimate of drug-likeness (QED) is 0.765. The van der Waals surface area contributed by atoms with Gasteiger partial charge in [-0.1, -0.05) is 13.3 Å². The van der Waals surface area contributed by atoms with E-state index in [4.69, 9.17) is 4.99 Å². The van der Waals surface area contributed by atoms with Crippen molar-refractivity contribution in [3.8, 4) is 0 Å². The minimum Gasteiger partial charge on any atom is -0.336 e. The lowest BCUT2D eigenvalue weighted by atomic mass is 10.0. The molecule has 0 saturated heterocycles. The van der Waals surface area contributed by atoms with Crippen LogP contribution < -0.4 is 0 Å². The maximum atomic E-state index is 4.85. The molecule has 0 N–H and O–H groups in total. The van der Waals surface area contributed by atoms with Crippen LogP contribution in [0.25, 0.3) is 11.0 Å². The molecule has 3 heteroatoms. The van der Waals surface area contributed by atoms with Crippen LogP contribution in [0, 0.1) is 0 Å². The van der Waals surface area contributed by atoms with Gasteiger partial charge in [0.15, 0.2) is 0 Å². The fraction of sp³-hybridized carbons (Fsp3) is 0.500. The second-order valence-corrected chi connectivity index (χ2v) is 6.04. The first-order chi connectivity index (χ1) is 8.90. The molecule has 2 aromatic heterocycles.